The van der Waals surface area contributed by atoms with Crippen LogP contribution in [0.1, 0.15) is 36.6 Å². The maximum atomic E-state index is 5.70. The van der Waals surface area contributed by atoms with Gasteiger partial charge >= 0.3 is 0 Å². The van der Waals surface area contributed by atoms with E-state index >= 15 is 0 Å². The molecule has 0 bridgehead atoms. The van der Waals surface area contributed by atoms with Crippen LogP contribution >= 0.6 is 0 Å². The maximum absolute atomic E-state index is 5.70. The largest absolute Gasteiger partial charge is 0.454 e. The van der Waals surface area contributed by atoms with Gasteiger partial charge in [0.1, 0.15) is 5.82 Å². The van der Waals surface area contributed by atoms with Crippen LogP contribution in [0.5, 0.6) is 23.0 Å². The first kappa shape index (κ1) is 28.0. The number of fused-ring (bicyclic) bond motifs is 2. The lowest BCUT2D eigenvalue weighted by Gasteiger charge is -2.24. The Morgan fingerprint density at radius 2 is 1.25 bits per heavy atom. The zero-order chi connectivity index (χ0) is 29.7. The van der Waals surface area contributed by atoms with Gasteiger partial charge in [-0.2, -0.15) is 0 Å². The topological polar surface area (TPSA) is 58.0 Å². The van der Waals surface area contributed by atoms with Crippen LogP contribution in [-0.4, -0.2) is 34.6 Å². The van der Waals surface area contributed by atoms with Gasteiger partial charge in [0.2, 0.25) is 13.6 Å². The van der Waals surface area contributed by atoms with E-state index in [-0.39, 0.29) is 13.6 Å². The van der Waals surface area contributed by atoms with Crippen LogP contribution in [0.2, 0.25) is 0 Å². The van der Waals surface area contributed by atoms with E-state index in [2.05, 4.69) is 101 Å². The van der Waals surface area contributed by atoms with Crippen molar-refractivity contribution in [3.05, 3.63) is 114 Å². The second kappa shape index (κ2) is 12.9. The van der Waals surface area contributed by atoms with Crippen LogP contribution in [0, 0.1) is 0 Å². The van der Waals surface area contributed by atoms with Crippen molar-refractivity contribution < 1.29 is 18.9 Å². The van der Waals surface area contributed by atoms with E-state index in [9.17, 15) is 0 Å². The third-order valence-corrected chi connectivity index (χ3v) is 8.24. The second-order valence-corrected chi connectivity index (χ2v) is 11.3. The summed E-state index contributed by atoms with van der Waals surface area (Å²) in [6, 6.07) is 33.6. The molecule has 2 aliphatic rings. The molecule has 0 unspecified atom stereocenters. The third-order valence-electron chi connectivity index (χ3n) is 8.24. The number of aromatic nitrogens is 2. The van der Waals surface area contributed by atoms with Crippen LogP contribution in [0.4, 0.5) is 0 Å². The van der Waals surface area contributed by atoms with E-state index in [0.29, 0.717) is 0 Å². The molecule has 0 saturated carbocycles. The minimum atomic E-state index is 0.271. The van der Waals surface area contributed by atoms with Crippen LogP contribution in [0.15, 0.2) is 97.1 Å². The lowest BCUT2D eigenvalue weighted by molar-refractivity contribution is 0.173. The number of hydrogen-bond acceptors (Lipinski definition) is 6. The Labute approximate surface area is 258 Å². The molecule has 0 radical (unpaired) electrons. The van der Waals surface area contributed by atoms with Crippen LogP contribution in [0.25, 0.3) is 22.6 Å². The molecule has 7 heteroatoms. The van der Waals surface area contributed by atoms with E-state index in [4.69, 9.17) is 23.9 Å². The van der Waals surface area contributed by atoms with E-state index in [1.807, 2.05) is 12.1 Å². The van der Waals surface area contributed by atoms with Gasteiger partial charge in [0.25, 0.3) is 0 Å². The van der Waals surface area contributed by atoms with E-state index < -0.39 is 0 Å². The molecule has 44 heavy (non-hydrogen) atoms. The van der Waals surface area contributed by atoms with E-state index in [1.165, 1.54) is 16.8 Å². The SMILES string of the molecule is CCCCn1c(-c2ccccc2)nc(-c2ccccc2)c1CCN(Cc1ccc2c(c1)OCO2)Cc1ccc2c(c1)OCO2. The number of hydrogen-bond donors (Lipinski definition) is 0. The summed E-state index contributed by atoms with van der Waals surface area (Å²) in [6.07, 6.45) is 3.06. The minimum Gasteiger partial charge on any atom is -0.454 e. The van der Waals surface area contributed by atoms with E-state index in [0.717, 1.165) is 91.1 Å². The van der Waals surface area contributed by atoms with Gasteiger partial charge in [0.15, 0.2) is 23.0 Å². The van der Waals surface area contributed by atoms with Gasteiger partial charge in [0.05, 0.1) is 5.69 Å². The van der Waals surface area contributed by atoms with Gasteiger partial charge in [-0.05, 0) is 41.8 Å². The Kier molecular flexibility index (Phi) is 8.20. The van der Waals surface area contributed by atoms with Crippen molar-refractivity contribution in [2.45, 2.75) is 45.8 Å². The second-order valence-electron chi connectivity index (χ2n) is 11.3. The smallest absolute Gasteiger partial charge is 0.231 e. The normalized spacial score (nSPS) is 13.1. The summed E-state index contributed by atoms with van der Waals surface area (Å²) in [4.78, 5) is 7.80. The molecule has 7 rings (SSSR count). The number of ether oxygens (including phenoxy) is 4. The molecule has 0 spiro atoms. The standard InChI is InChI=1S/C37H37N3O4/c1-2-3-19-40-31(36(29-10-6-4-7-11-29)38-37(40)30-12-8-5-9-13-30)18-20-39(23-27-14-16-32-34(21-27)43-25-41-32)24-28-15-17-33-35(22-28)44-26-42-33/h4-17,21-22H,2-3,18-20,23-26H2,1H3. The van der Waals surface area contributed by atoms with Crippen molar-refractivity contribution in [1.29, 1.82) is 0 Å². The average Bonchev–Trinajstić information content (AvgIpc) is 3.82. The molecular weight excluding hydrogens is 550 g/mol. The van der Waals surface area contributed by atoms with Gasteiger partial charge < -0.3 is 23.5 Å². The van der Waals surface area contributed by atoms with Crippen molar-refractivity contribution in [2.24, 2.45) is 0 Å². The van der Waals surface area contributed by atoms with Crippen molar-refractivity contribution >= 4 is 0 Å². The third kappa shape index (κ3) is 6.01. The van der Waals surface area contributed by atoms with Crippen molar-refractivity contribution in [2.75, 3.05) is 20.1 Å². The van der Waals surface area contributed by atoms with Crippen LogP contribution in [-0.2, 0) is 26.1 Å². The Bertz CT molecular complexity index is 1660. The summed E-state index contributed by atoms with van der Waals surface area (Å²) in [5, 5.41) is 0. The van der Waals surface area contributed by atoms with E-state index in [1.54, 1.807) is 0 Å². The molecule has 7 nitrogen and oxygen atoms in total. The first-order chi connectivity index (χ1) is 21.7. The highest BCUT2D eigenvalue weighted by atomic mass is 16.7. The number of imidazole rings is 1. The summed E-state index contributed by atoms with van der Waals surface area (Å²) in [7, 11) is 0. The highest BCUT2D eigenvalue weighted by Crippen LogP contribution is 2.35. The molecule has 224 valence electrons. The Morgan fingerprint density at radius 1 is 0.682 bits per heavy atom. The molecule has 2 aliphatic heterocycles. The fraction of sp³-hybridized carbons (Fsp3) is 0.270. The van der Waals surface area contributed by atoms with Crippen molar-refractivity contribution in [1.82, 2.24) is 14.5 Å². The predicted octanol–water partition coefficient (Wildman–Crippen LogP) is 7.72. The highest BCUT2D eigenvalue weighted by Gasteiger charge is 2.22. The molecule has 4 aromatic carbocycles. The highest BCUT2D eigenvalue weighted by molar-refractivity contribution is 5.68. The first-order valence-electron chi connectivity index (χ1n) is 15.4. The Morgan fingerprint density at radius 3 is 1.84 bits per heavy atom. The Balaban J connectivity index is 1.23. The summed E-state index contributed by atoms with van der Waals surface area (Å²) in [5.74, 6) is 4.25. The summed E-state index contributed by atoms with van der Waals surface area (Å²) >= 11 is 0. The maximum Gasteiger partial charge on any atom is 0.231 e. The molecule has 0 amide bonds. The zero-order valence-electron chi connectivity index (χ0n) is 25.1. The van der Waals surface area contributed by atoms with Gasteiger partial charge in [-0.3, -0.25) is 4.90 Å². The molecule has 0 atom stereocenters. The minimum absolute atomic E-state index is 0.271. The fourth-order valence-corrected chi connectivity index (χ4v) is 6.00. The van der Waals surface area contributed by atoms with Crippen molar-refractivity contribution in [3.8, 4) is 45.6 Å². The molecule has 0 fully saturated rings. The number of nitrogens with zero attached hydrogens (tertiary/aromatic N) is 3. The van der Waals surface area contributed by atoms with Gasteiger partial charge in [-0.15, -0.1) is 0 Å². The van der Waals surface area contributed by atoms with Crippen LogP contribution in [0.3, 0.4) is 0 Å². The van der Waals surface area contributed by atoms with Crippen LogP contribution < -0.4 is 18.9 Å². The van der Waals surface area contributed by atoms with Crippen molar-refractivity contribution in [3.63, 3.8) is 0 Å². The number of unbranched alkanes of at least 4 members (excludes halogenated alkanes) is 1. The zero-order valence-corrected chi connectivity index (χ0v) is 25.1. The lowest BCUT2D eigenvalue weighted by atomic mass is 10.1. The van der Waals surface area contributed by atoms with Gasteiger partial charge in [-0.25, -0.2) is 4.98 Å². The van der Waals surface area contributed by atoms with Gasteiger partial charge in [-0.1, -0.05) is 86.1 Å². The lowest BCUT2D eigenvalue weighted by Crippen LogP contribution is -2.26. The average molecular weight is 588 g/mol. The monoisotopic (exact) mass is 587 g/mol. The molecule has 0 N–H and O–H groups in total. The van der Waals surface area contributed by atoms with Gasteiger partial charge in [0, 0.05) is 49.4 Å². The molecular formula is C37H37N3O4. The molecule has 5 aromatic rings. The summed E-state index contributed by atoms with van der Waals surface area (Å²) in [5.41, 5.74) is 6.99. The quantitative estimate of drug-likeness (QED) is 0.149. The predicted molar refractivity (Wildman–Crippen MR) is 171 cm³/mol. The number of benzene rings is 4. The fourth-order valence-electron chi connectivity index (χ4n) is 6.00. The molecule has 0 saturated heterocycles. The Hall–Kier alpha value is -4.75. The first-order valence-corrected chi connectivity index (χ1v) is 15.4. The molecule has 3 heterocycles. The summed E-state index contributed by atoms with van der Waals surface area (Å²) in [6.45, 7) is 6.09. The summed E-state index contributed by atoms with van der Waals surface area (Å²) < 4.78 is 25.0. The molecule has 1 aromatic heterocycles. The number of rotatable bonds is 12. The molecule has 0 aliphatic carbocycles.